The summed E-state index contributed by atoms with van der Waals surface area (Å²) in [5.74, 6) is 0. The highest BCUT2D eigenvalue weighted by atomic mass is 16.6. The number of nitro benzene ring substituents is 1. The molecule has 1 aliphatic heterocycles. The van der Waals surface area contributed by atoms with Crippen LogP contribution in [0.15, 0.2) is 18.2 Å². The number of fused-ring (bicyclic) bond motifs is 1. The number of nitrogens with zero attached hydrogens (tertiary/aromatic N) is 1. The minimum atomic E-state index is -0.401. The van der Waals surface area contributed by atoms with Gasteiger partial charge in [-0.05, 0) is 18.1 Å². The molecular weight excluding hydrogens is 182 g/mol. The average molecular weight is 193 g/mol. The fourth-order valence-electron chi connectivity index (χ4n) is 1.65. The van der Waals surface area contributed by atoms with Gasteiger partial charge in [0.1, 0.15) is 0 Å². The first kappa shape index (κ1) is 8.96. The molecule has 0 bridgehead atoms. The highest BCUT2D eigenvalue weighted by molar-refractivity contribution is 5.59. The zero-order valence-electron chi connectivity index (χ0n) is 7.56. The summed E-state index contributed by atoms with van der Waals surface area (Å²) in [6.07, 6.45) is 0.866. The van der Waals surface area contributed by atoms with Gasteiger partial charge in [0.05, 0.1) is 4.92 Å². The van der Waals surface area contributed by atoms with Crippen molar-refractivity contribution in [3.05, 3.63) is 33.9 Å². The first-order chi connectivity index (χ1) is 6.68. The lowest BCUT2D eigenvalue weighted by molar-refractivity contribution is -0.384. The fourth-order valence-corrected chi connectivity index (χ4v) is 1.65. The van der Waals surface area contributed by atoms with Gasteiger partial charge >= 0.3 is 0 Å². The van der Waals surface area contributed by atoms with Crippen molar-refractivity contribution in [2.45, 2.75) is 12.5 Å². The van der Waals surface area contributed by atoms with Gasteiger partial charge in [0, 0.05) is 30.4 Å². The molecule has 5 nitrogen and oxygen atoms in total. The van der Waals surface area contributed by atoms with E-state index >= 15 is 0 Å². The number of nitro groups is 1. The standard InChI is InChI=1S/C9H11N3O2/c10-8-3-4-11-9-5-6(12(13)14)1-2-7(8)9/h1-2,5,8,11H,3-4,10H2/t8-/m0/s1. The molecule has 74 valence electrons. The summed E-state index contributed by atoms with van der Waals surface area (Å²) in [4.78, 5) is 10.1. The first-order valence-electron chi connectivity index (χ1n) is 4.46. The molecule has 1 atom stereocenters. The van der Waals surface area contributed by atoms with Gasteiger partial charge in [0.25, 0.3) is 5.69 Å². The van der Waals surface area contributed by atoms with E-state index in [0.29, 0.717) is 0 Å². The maximum absolute atomic E-state index is 10.5. The van der Waals surface area contributed by atoms with Crippen molar-refractivity contribution in [1.82, 2.24) is 0 Å². The van der Waals surface area contributed by atoms with Gasteiger partial charge in [-0.2, -0.15) is 0 Å². The predicted molar refractivity (Wildman–Crippen MR) is 53.1 cm³/mol. The number of hydrogen-bond acceptors (Lipinski definition) is 4. The summed E-state index contributed by atoms with van der Waals surface area (Å²) in [5.41, 5.74) is 7.71. The third-order valence-electron chi connectivity index (χ3n) is 2.42. The molecule has 14 heavy (non-hydrogen) atoms. The first-order valence-corrected chi connectivity index (χ1v) is 4.46. The summed E-state index contributed by atoms with van der Waals surface area (Å²) in [6.45, 7) is 0.773. The number of hydrogen-bond donors (Lipinski definition) is 2. The van der Waals surface area contributed by atoms with Crippen LogP contribution in [-0.2, 0) is 0 Å². The number of rotatable bonds is 1. The van der Waals surface area contributed by atoms with Crippen LogP contribution in [0.1, 0.15) is 18.0 Å². The zero-order chi connectivity index (χ0) is 10.1. The Hall–Kier alpha value is -1.62. The van der Waals surface area contributed by atoms with Crippen molar-refractivity contribution >= 4 is 11.4 Å². The normalized spacial score (nSPS) is 19.6. The SMILES string of the molecule is N[C@H]1CCNc2cc([N+](=O)[O-])ccc21. The van der Waals surface area contributed by atoms with E-state index in [1.54, 1.807) is 6.07 Å². The summed E-state index contributed by atoms with van der Waals surface area (Å²) >= 11 is 0. The number of nitrogens with two attached hydrogens (primary N) is 1. The third-order valence-corrected chi connectivity index (χ3v) is 2.42. The molecule has 1 aliphatic rings. The molecule has 0 saturated heterocycles. The second kappa shape index (κ2) is 3.26. The number of nitrogens with one attached hydrogen (secondary N) is 1. The molecule has 5 heteroatoms. The van der Waals surface area contributed by atoms with E-state index < -0.39 is 4.92 Å². The molecule has 0 unspecified atom stereocenters. The smallest absolute Gasteiger partial charge is 0.271 e. The van der Waals surface area contributed by atoms with Gasteiger partial charge in [-0.1, -0.05) is 0 Å². The van der Waals surface area contributed by atoms with Crippen molar-refractivity contribution in [3.63, 3.8) is 0 Å². The Bertz CT molecular complexity index is 378. The third kappa shape index (κ3) is 1.42. The van der Waals surface area contributed by atoms with Gasteiger partial charge in [-0.25, -0.2) is 0 Å². The van der Waals surface area contributed by atoms with Crippen LogP contribution in [0.2, 0.25) is 0 Å². The zero-order valence-corrected chi connectivity index (χ0v) is 7.56. The Balaban J connectivity index is 2.44. The van der Waals surface area contributed by atoms with Crippen molar-refractivity contribution < 1.29 is 4.92 Å². The molecule has 1 heterocycles. The Labute approximate surface area is 81.1 Å². The molecular formula is C9H11N3O2. The number of anilines is 1. The molecule has 0 aliphatic carbocycles. The van der Waals surface area contributed by atoms with E-state index in [2.05, 4.69) is 5.32 Å². The van der Waals surface area contributed by atoms with Crippen molar-refractivity contribution in [2.75, 3.05) is 11.9 Å². The van der Waals surface area contributed by atoms with E-state index in [1.165, 1.54) is 12.1 Å². The molecule has 0 spiro atoms. The van der Waals surface area contributed by atoms with Crippen molar-refractivity contribution in [1.29, 1.82) is 0 Å². The van der Waals surface area contributed by atoms with Crippen molar-refractivity contribution in [2.24, 2.45) is 5.73 Å². The minimum absolute atomic E-state index is 0.00736. The Morgan fingerprint density at radius 3 is 3.07 bits per heavy atom. The molecule has 2 rings (SSSR count). The fraction of sp³-hybridized carbons (Fsp3) is 0.333. The van der Waals surface area contributed by atoms with Gasteiger partial charge < -0.3 is 11.1 Å². The molecule has 3 N–H and O–H groups in total. The van der Waals surface area contributed by atoms with Gasteiger partial charge in [-0.15, -0.1) is 0 Å². The van der Waals surface area contributed by atoms with Crippen LogP contribution in [-0.4, -0.2) is 11.5 Å². The van der Waals surface area contributed by atoms with E-state index in [1.807, 2.05) is 0 Å². The molecule has 0 aromatic heterocycles. The molecule has 0 radical (unpaired) electrons. The largest absolute Gasteiger partial charge is 0.384 e. The lowest BCUT2D eigenvalue weighted by atomic mass is 9.98. The van der Waals surface area contributed by atoms with E-state index in [4.69, 9.17) is 5.73 Å². The van der Waals surface area contributed by atoms with Crippen LogP contribution in [0.4, 0.5) is 11.4 Å². The Morgan fingerprint density at radius 1 is 1.57 bits per heavy atom. The highest BCUT2D eigenvalue weighted by Gasteiger charge is 2.18. The van der Waals surface area contributed by atoms with Crippen molar-refractivity contribution in [3.8, 4) is 0 Å². The summed E-state index contributed by atoms with van der Waals surface area (Å²) in [6, 6.07) is 4.75. The summed E-state index contributed by atoms with van der Waals surface area (Å²) in [7, 11) is 0. The van der Waals surface area contributed by atoms with Crippen LogP contribution < -0.4 is 11.1 Å². The Kier molecular flexibility index (Phi) is 2.09. The quantitative estimate of drug-likeness (QED) is 0.522. The van der Waals surface area contributed by atoms with Crippen LogP contribution in [0.5, 0.6) is 0 Å². The molecule has 1 aromatic carbocycles. The maximum Gasteiger partial charge on any atom is 0.271 e. The monoisotopic (exact) mass is 193 g/mol. The van der Waals surface area contributed by atoms with Gasteiger partial charge in [0.15, 0.2) is 0 Å². The van der Waals surface area contributed by atoms with E-state index in [0.717, 1.165) is 24.2 Å². The van der Waals surface area contributed by atoms with Gasteiger partial charge in [0.2, 0.25) is 0 Å². The second-order valence-electron chi connectivity index (χ2n) is 3.35. The minimum Gasteiger partial charge on any atom is -0.384 e. The highest BCUT2D eigenvalue weighted by Crippen LogP contribution is 2.30. The summed E-state index contributed by atoms with van der Waals surface area (Å²) in [5, 5.41) is 13.6. The maximum atomic E-state index is 10.5. The van der Waals surface area contributed by atoms with Crippen LogP contribution in [0.25, 0.3) is 0 Å². The second-order valence-corrected chi connectivity index (χ2v) is 3.35. The lowest BCUT2D eigenvalue weighted by Crippen LogP contribution is -2.22. The molecule has 0 fully saturated rings. The lowest BCUT2D eigenvalue weighted by Gasteiger charge is -2.23. The number of benzene rings is 1. The summed E-state index contributed by atoms with van der Waals surface area (Å²) < 4.78 is 0. The van der Waals surface area contributed by atoms with E-state index in [-0.39, 0.29) is 11.7 Å². The predicted octanol–water partition coefficient (Wildman–Crippen LogP) is 1.41. The molecule has 1 aromatic rings. The molecule has 0 amide bonds. The van der Waals surface area contributed by atoms with E-state index in [9.17, 15) is 10.1 Å². The molecule has 0 saturated carbocycles. The van der Waals surface area contributed by atoms with Crippen LogP contribution in [0.3, 0.4) is 0 Å². The van der Waals surface area contributed by atoms with Crippen LogP contribution in [0, 0.1) is 10.1 Å². The van der Waals surface area contributed by atoms with Crippen LogP contribution >= 0.6 is 0 Å². The van der Waals surface area contributed by atoms with Gasteiger partial charge in [-0.3, -0.25) is 10.1 Å². The Morgan fingerprint density at radius 2 is 2.36 bits per heavy atom. The topological polar surface area (TPSA) is 81.2 Å². The average Bonchev–Trinajstić information content (AvgIpc) is 2.17. The number of non-ortho nitro benzene ring substituents is 1.